The summed E-state index contributed by atoms with van der Waals surface area (Å²) in [6, 6.07) is 15.2. The fraction of sp³-hybridized carbons (Fsp3) is 0.263. The van der Waals surface area contributed by atoms with Crippen LogP contribution in [0.15, 0.2) is 54.6 Å². The van der Waals surface area contributed by atoms with Gasteiger partial charge in [-0.2, -0.15) is 0 Å². The predicted octanol–water partition coefficient (Wildman–Crippen LogP) is 3.13. The van der Waals surface area contributed by atoms with Gasteiger partial charge in [0.05, 0.1) is 0 Å². The van der Waals surface area contributed by atoms with E-state index >= 15 is 0 Å². The second kappa shape index (κ2) is 7.70. The van der Waals surface area contributed by atoms with Crippen molar-refractivity contribution in [1.82, 2.24) is 4.90 Å². The summed E-state index contributed by atoms with van der Waals surface area (Å²) >= 11 is 0. The summed E-state index contributed by atoms with van der Waals surface area (Å²) in [5, 5.41) is 12.2. The number of ether oxygens (including phenoxy) is 1. The van der Waals surface area contributed by atoms with Crippen LogP contribution in [-0.2, 0) is 16.1 Å². The van der Waals surface area contributed by atoms with Crippen molar-refractivity contribution in [2.45, 2.75) is 25.5 Å². The summed E-state index contributed by atoms with van der Waals surface area (Å²) in [5.74, 6) is -0.205. The molecule has 1 heterocycles. The lowest BCUT2D eigenvalue weighted by atomic mass is 10.2. The summed E-state index contributed by atoms with van der Waals surface area (Å²) in [5.41, 5.74) is 1.39. The van der Waals surface area contributed by atoms with Crippen LogP contribution in [-0.4, -0.2) is 34.6 Å². The van der Waals surface area contributed by atoms with Gasteiger partial charge in [-0.15, -0.1) is 0 Å². The van der Waals surface area contributed by atoms with Crippen LogP contribution in [0.1, 0.15) is 18.4 Å². The first-order valence-electron chi connectivity index (χ1n) is 8.21. The minimum absolute atomic E-state index is 0.0725. The van der Waals surface area contributed by atoms with Crippen molar-refractivity contribution in [2.24, 2.45) is 0 Å². The van der Waals surface area contributed by atoms with Crippen LogP contribution < -0.4 is 5.32 Å². The van der Waals surface area contributed by atoms with Crippen molar-refractivity contribution in [3.05, 3.63) is 60.2 Å². The molecule has 0 aromatic heterocycles. The van der Waals surface area contributed by atoms with Crippen molar-refractivity contribution in [2.75, 3.05) is 11.9 Å². The molecule has 130 valence electrons. The minimum Gasteiger partial charge on any atom is -0.508 e. The van der Waals surface area contributed by atoms with Crippen LogP contribution in [0.3, 0.4) is 0 Å². The topological polar surface area (TPSA) is 78.9 Å². The highest BCUT2D eigenvalue weighted by Gasteiger charge is 2.35. The molecule has 6 heteroatoms. The Morgan fingerprint density at radius 2 is 1.96 bits per heavy atom. The summed E-state index contributed by atoms with van der Waals surface area (Å²) in [4.78, 5) is 26.3. The number of hydrogen-bond donors (Lipinski definition) is 2. The van der Waals surface area contributed by atoms with Gasteiger partial charge < -0.3 is 15.2 Å². The molecule has 0 radical (unpaired) electrons. The number of amides is 2. The summed E-state index contributed by atoms with van der Waals surface area (Å²) < 4.78 is 5.33. The Kier molecular flexibility index (Phi) is 5.18. The number of likely N-dealkylation sites (tertiary alicyclic amines) is 1. The number of carbonyl (C=O) groups excluding carboxylic acids is 2. The van der Waals surface area contributed by atoms with Gasteiger partial charge in [-0.1, -0.05) is 36.4 Å². The maximum Gasteiger partial charge on any atom is 0.410 e. The molecule has 1 atom stereocenters. The average Bonchev–Trinajstić information content (AvgIpc) is 3.10. The number of hydrogen-bond acceptors (Lipinski definition) is 4. The van der Waals surface area contributed by atoms with Crippen molar-refractivity contribution in [3.63, 3.8) is 0 Å². The Morgan fingerprint density at radius 1 is 1.16 bits per heavy atom. The molecule has 0 spiro atoms. The van der Waals surface area contributed by atoms with Crippen molar-refractivity contribution < 1.29 is 19.4 Å². The van der Waals surface area contributed by atoms with Crippen molar-refractivity contribution in [3.8, 4) is 5.75 Å². The van der Waals surface area contributed by atoms with E-state index in [4.69, 9.17) is 4.74 Å². The Hall–Kier alpha value is -3.02. The first-order valence-corrected chi connectivity index (χ1v) is 8.21. The van der Waals surface area contributed by atoms with E-state index in [-0.39, 0.29) is 18.3 Å². The number of phenolic OH excluding ortho intramolecular Hbond substituents is 1. The second-order valence-electron chi connectivity index (χ2n) is 5.93. The zero-order valence-electron chi connectivity index (χ0n) is 13.7. The Morgan fingerprint density at radius 3 is 2.72 bits per heavy atom. The molecule has 25 heavy (non-hydrogen) atoms. The molecule has 1 aliphatic rings. The Balaban J connectivity index is 1.59. The number of nitrogens with zero attached hydrogens (tertiary/aromatic N) is 1. The van der Waals surface area contributed by atoms with Crippen LogP contribution in [0.2, 0.25) is 0 Å². The van der Waals surface area contributed by atoms with Crippen molar-refractivity contribution in [1.29, 1.82) is 0 Å². The summed E-state index contributed by atoms with van der Waals surface area (Å²) in [7, 11) is 0. The van der Waals surface area contributed by atoms with Gasteiger partial charge in [-0.3, -0.25) is 9.69 Å². The van der Waals surface area contributed by atoms with Gasteiger partial charge in [-0.05, 0) is 30.5 Å². The minimum atomic E-state index is -0.564. The fourth-order valence-corrected chi connectivity index (χ4v) is 2.87. The molecule has 0 bridgehead atoms. The molecule has 0 unspecified atom stereocenters. The van der Waals surface area contributed by atoms with Gasteiger partial charge in [0.2, 0.25) is 5.91 Å². The molecule has 1 fully saturated rings. The lowest BCUT2D eigenvalue weighted by Gasteiger charge is -2.23. The van der Waals surface area contributed by atoms with E-state index in [0.717, 1.165) is 12.0 Å². The number of benzene rings is 2. The largest absolute Gasteiger partial charge is 0.508 e. The highest BCUT2D eigenvalue weighted by Crippen LogP contribution is 2.22. The number of aromatic hydroxyl groups is 1. The number of nitrogens with one attached hydrogen (secondary N) is 1. The second-order valence-corrected chi connectivity index (χ2v) is 5.93. The number of rotatable bonds is 4. The van der Waals surface area contributed by atoms with E-state index < -0.39 is 12.1 Å². The molecule has 2 amide bonds. The van der Waals surface area contributed by atoms with Crippen LogP contribution in [0, 0.1) is 0 Å². The molecule has 1 saturated heterocycles. The van der Waals surface area contributed by atoms with Crippen molar-refractivity contribution >= 4 is 17.7 Å². The van der Waals surface area contributed by atoms with Crippen LogP contribution in [0.5, 0.6) is 5.75 Å². The molecule has 2 N–H and O–H groups in total. The molecule has 3 rings (SSSR count). The van der Waals surface area contributed by atoms with Gasteiger partial charge in [-0.25, -0.2) is 4.79 Å². The molecule has 6 nitrogen and oxygen atoms in total. The molecule has 2 aromatic carbocycles. The Bertz CT molecular complexity index is 748. The van der Waals surface area contributed by atoms with E-state index in [0.29, 0.717) is 18.7 Å². The van der Waals surface area contributed by atoms with Gasteiger partial charge in [0.15, 0.2) is 0 Å². The number of anilines is 1. The zero-order chi connectivity index (χ0) is 17.6. The SMILES string of the molecule is O=C(Nc1cccc(O)c1)[C@@H]1CCCN1C(=O)OCc1ccccc1. The fourth-order valence-electron chi connectivity index (χ4n) is 2.87. The van der Waals surface area contributed by atoms with E-state index in [1.165, 1.54) is 17.0 Å². The quantitative estimate of drug-likeness (QED) is 0.896. The normalized spacial score (nSPS) is 16.5. The smallest absolute Gasteiger partial charge is 0.410 e. The third kappa shape index (κ3) is 4.29. The first kappa shape index (κ1) is 16.8. The molecule has 1 aliphatic heterocycles. The Labute approximate surface area is 146 Å². The van der Waals surface area contributed by atoms with Crippen LogP contribution in [0.4, 0.5) is 10.5 Å². The van der Waals surface area contributed by atoms with E-state index in [1.54, 1.807) is 12.1 Å². The van der Waals surface area contributed by atoms with Crippen LogP contribution >= 0.6 is 0 Å². The molecular formula is C19H20N2O4. The van der Waals surface area contributed by atoms with E-state index in [2.05, 4.69) is 5.32 Å². The summed E-state index contributed by atoms with van der Waals surface area (Å²) in [6.45, 7) is 0.669. The van der Waals surface area contributed by atoms with E-state index in [9.17, 15) is 14.7 Å². The lowest BCUT2D eigenvalue weighted by molar-refractivity contribution is -0.120. The van der Waals surface area contributed by atoms with Gasteiger partial charge >= 0.3 is 6.09 Å². The summed E-state index contributed by atoms with van der Waals surface area (Å²) in [6.07, 6.45) is 0.848. The maximum absolute atomic E-state index is 12.5. The number of phenols is 1. The van der Waals surface area contributed by atoms with Gasteiger partial charge in [0, 0.05) is 18.3 Å². The molecular weight excluding hydrogens is 320 g/mol. The highest BCUT2D eigenvalue weighted by molar-refractivity contribution is 5.97. The standard InChI is InChI=1S/C19H20N2O4/c22-16-9-4-8-15(12-16)20-18(23)17-10-5-11-21(17)19(24)25-13-14-6-2-1-3-7-14/h1-4,6-9,12,17,22H,5,10-11,13H2,(H,20,23)/t17-/m0/s1. The number of carbonyl (C=O) groups is 2. The van der Waals surface area contributed by atoms with Gasteiger partial charge in [0.1, 0.15) is 18.4 Å². The average molecular weight is 340 g/mol. The first-order chi connectivity index (χ1) is 12.1. The molecule has 2 aromatic rings. The molecule has 0 saturated carbocycles. The maximum atomic E-state index is 12.5. The third-order valence-corrected chi connectivity index (χ3v) is 4.11. The van der Waals surface area contributed by atoms with Crippen LogP contribution in [0.25, 0.3) is 0 Å². The van der Waals surface area contributed by atoms with Gasteiger partial charge in [0.25, 0.3) is 0 Å². The van der Waals surface area contributed by atoms with E-state index in [1.807, 2.05) is 30.3 Å². The monoisotopic (exact) mass is 340 g/mol. The molecule has 0 aliphatic carbocycles. The highest BCUT2D eigenvalue weighted by atomic mass is 16.6. The third-order valence-electron chi connectivity index (χ3n) is 4.11. The predicted molar refractivity (Wildman–Crippen MR) is 93.1 cm³/mol. The lowest BCUT2D eigenvalue weighted by Crippen LogP contribution is -2.43. The zero-order valence-corrected chi connectivity index (χ0v) is 13.7.